The number of nitrogens with zero attached hydrogens (tertiary/aromatic N) is 2. The van der Waals surface area contributed by atoms with E-state index in [1.165, 1.54) is 11.3 Å². The second-order valence-electron chi connectivity index (χ2n) is 7.20. The number of rotatable bonds is 5. The minimum Gasteiger partial charge on any atom is -0.347 e. The molecule has 1 amide bonds. The molecular formula is C18H22N4O3S2. The highest BCUT2D eigenvalue weighted by molar-refractivity contribution is 7.92. The zero-order valence-electron chi connectivity index (χ0n) is 15.0. The number of carbonyl (C=O) groups is 1. The molecule has 3 aliphatic rings. The highest BCUT2D eigenvalue weighted by Crippen LogP contribution is 2.29. The van der Waals surface area contributed by atoms with Crippen molar-refractivity contribution in [3.8, 4) is 10.6 Å². The van der Waals surface area contributed by atoms with Crippen molar-refractivity contribution in [3.63, 3.8) is 0 Å². The van der Waals surface area contributed by atoms with Crippen molar-refractivity contribution in [2.45, 2.75) is 18.9 Å². The van der Waals surface area contributed by atoms with Crippen LogP contribution in [-0.2, 0) is 10.0 Å². The van der Waals surface area contributed by atoms with Crippen molar-refractivity contribution in [3.05, 3.63) is 35.3 Å². The lowest BCUT2D eigenvalue weighted by atomic mass is 9.84. The molecule has 1 aromatic heterocycles. The number of thiazole rings is 1. The predicted molar refractivity (Wildman–Crippen MR) is 106 cm³/mol. The van der Waals surface area contributed by atoms with Gasteiger partial charge in [0.15, 0.2) is 0 Å². The Kier molecular flexibility index (Phi) is 4.92. The highest BCUT2D eigenvalue weighted by atomic mass is 32.2. The van der Waals surface area contributed by atoms with E-state index in [1.54, 1.807) is 30.5 Å². The second kappa shape index (κ2) is 7.21. The summed E-state index contributed by atoms with van der Waals surface area (Å²) < 4.78 is 25.0. The zero-order valence-corrected chi connectivity index (χ0v) is 16.6. The summed E-state index contributed by atoms with van der Waals surface area (Å²) in [7, 11) is -3.30. The van der Waals surface area contributed by atoms with E-state index in [2.05, 4.69) is 19.9 Å². The molecule has 3 saturated heterocycles. The minimum atomic E-state index is -3.30. The average Bonchev–Trinajstić information content (AvgIpc) is 3.12. The molecule has 0 spiro atoms. The largest absolute Gasteiger partial charge is 0.347 e. The van der Waals surface area contributed by atoms with Crippen LogP contribution in [0.1, 0.15) is 22.5 Å². The molecule has 2 aromatic rings. The van der Waals surface area contributed by atoms with Crippen LogP contribution in [0.15, 0.2) is 30.5 Å². The first kappa shape index (κ1) is 18.4. The van der Waals surface area contributed by atoms with Gasteiger partial charge >= 0.3 is 0 Å². The van der Waals surface area contributed by atoms with Crippen LogP contribution in [0.5, 0.6) is 0 Å². The lowest BCUT2D eigenvalue weighted by Crippen LogP contribution is -2.57. The van der Waals surface area contributed by atoms with Crippen LogP contribution >= 0.6 is 11.3 Å². The highest BCUT2D eigenvalue weighted by Gasteiger charge is 2.35. The van der Waals surface area contributed by atoms with Crippen LogP contribution in [0.4, 0.5) is 5.69 Å². The maximum atomic E-state index is 12.6. The number of piperidine rings is 3. The van der Waals surface area contributed by atoms with Gasteiger partial charge in [0.25, 0.3) is 5.91 Å². The number of nitrogens with one attached hydrogen (secondary N) is 2. The Bertz CT molecular complexity index is 932. The van der Waals surface area contributed by atoms with E-state index in [0.717, 1.165) is 49.3 Å². The van der Waals surface area contributed by atoms with Crippen molar-refractivity contribution in [2.24, 2.45) is 5.92 Å². The number of hydrogen-bond donors (Lipinski definition) is 2. The molecule has 0 unspecified atom stereocenters. The van der Waals surface area contributed by atoms with Gasteiger partial charge in [0, 0.05) is 23.8 Å². The van der Waals surface area contributed by atoms with Crippen molar-refractivity contribution < 1.29 is 13.2 Å². The Hall–Kier alpha value is -1.97. The van der Waals surface area contributed by atoms with Gasteiger partial charge in [-0.3, -0.25) is 9.52 Å². The molecule has 0 saturated carbocycles. The standard InChI is InChI=1S/C18H22N4O3S2/c1-27(24,25)21-14-4-2-13(3-5-14)18-19-10-16(26-18)17(23)20-15-11-22-8-6-12(15)7-9-22/h2-5,10,12,15,21H,6-9,11H2,1H3,(H,20,23)/t15-/m0/s1. The van der Waals surface area contributed by atoms with Crippen LogP contribution < -0.4 is 10.0 Å². The monoisotopic (exact) mass is 406 g/mol. The smallest absolute Gasteiger partial charge is 0.263 e. The molecule has 4 heterocycles. The van der Waals surface area contributed by atoms with Crippen molar-refractivity contribution >= 4 is 33.0 Å². The van der Waals surface area contributed by atoms with Crippen molar-refractivity contribution in [1.29, 1.82) is 0 Å². The number of anilines is 1. The molecule has 0 aliphatic carbocycles. The van der Waals surface area contributed by atoms with Gasteiger partial charge in [0.2, 0.25) is 10.0 Å². The molecule has 0 radical (unpaired) electrons. The Morgan fingerprint density at radius 1 is 1.22 bits per heavy atom. The number of fused-ring (bicyclic) bond motifs is 3. The Labute approximate surface area is 162 Å². The summed E-state index contributed by atoms with van der Waals surface area (Å²) in [4.78, 5) is 20.0. The number of hydrogen-bond acceptors (Lipinski definition) is 6. The van der Waals surface area contributed by atoms with E-state index in [0.29, 0.717) is 16.5 Å². The SMILES string of the molecule is CS(=O)(=O)Nc1ccc(-c2ncc(C(=O)N[C@H]3CN4CCC3CC4)s2)cc1. The van der Waals surface area contributed by atoms with Crippen LogP contribution in [-0.4, -0.2) is 56.1 Å². The molecular weight excluding hydrogens is 384 g/mol. The number of carbonyl (C=O) groups excluding carboxylic acids is 1. The summed E-state index contributed by atoms with van der Waals surface area (Å²) in [6.07, 6.45) is 5.04. The summed E-state index contributed by atoms with van der Waals surface area (Å²) in [6.45, 7) is 3.23. The van der Waals surface area contributed by atoms with Gasteiger partial charge in [-0.05, 0) is 56.1 Å². The molecule has 2 bridgehead atoms. The Balaban J connectivity index is 1.43. The first-order valence-electron chi connectivity index (χ1n) is 8.95. The maximum Gasteiger partial charge on any atom is 0.263 e. The van der Waals surface area contributed by atoms with Gasteiger partial charge in [0.1, 0.15) is 9.88 Å². The quantitative estimate of drug-likeness (QED) is 0.793. The summed E-state index contributed by atoms with van der Waals surface area (Å²) in [6, 6.07) is 7.19. The fourth-order valence-corrected chi connectivity index (χ4v) is 5.16. The molecule has 1 aromatic carbocycles. The lowest BCUT2D eigenvalue weighted by molar-refractivity contribution is 0.0622. The predicted octanol–water partition coefficient (Wildman–Crippen LogP) is 2.01. The normalized spacial score (nSPS) is 24.6. The zero-order chi connectivity index (χ0) is 19.0. The van der Waals surface area contributed by atoms with Crippen molar-refractivity contribution in [2.75, 3.05) is 30.6 Å². The molecule has 9 heteroatoms. The lowest BCUT2D eigenvalue weighted by Gasteiger charge is -2.44. The number of aromatic nitrogens is 1. The maximum absolute atomic E-state index is 12.6. The van der Waals surface area contributed by atoms with Crippen LogP contribution in [0, 0.1) is 5.92 Å². The second-order valence-corrected chi connectivity index (χ2v) is 9.98. The van der Waals surface area contributed by atoms with Gasteiger partial charge in [-0.25, -0.2) is 13.4 Å². The van der Waals surface area contributed by atoms with Crippen LogP contribution in [0.2, 0.25) is 0 Å². The fourth-order valence-electron chi connectivity index (χ4n) is 3.78. The number of sulfonamides is 1. The van der Waals surface area contributed by atoms with Gasteiger partial charge in [-0.15, -0.1) is 11.3 Å². The summed E-state index contributed by atoms with van der Waals surface area (Å²) >= 11 is 1.35. The average molecular weight is 407 g/mol. The number of benzene rings is 1. The van der Waals surface area contributed by atoms with Crippen molar-refractivity contribution in [1.82, 2.24) is 15.2 Å². The van der Waals surface area contributed by atoms with Gasteiger partial charge in [-0.2, -0.15) is 0 Å². The Morgan fingerprint density at radius 3 is 2.52 bits per heavy atom. The number of amides is 1. The van der Waals surface area contributed by atoms with Gasteiger partial charge < -0.3 is 10.2 Å². The molecule has 5 rings (SSSR count). The third-order valence-electron chi connectivity index (χ3n) is 5.14. The summed E-state index contributed by atoms with van der Waals surface area (Å²) in [5, 5.41) is 3.92. The molecule has 144 valence electrons. The first-order chi connectivity index (χ1) is 12.9. The molecule has 27 heavy (non-hydrogen) atoms. The molecule has 1 atom stereocenters. The minimum absolute atomic E-state index is 0.0622. The summed E-state index contributed by atoms with van der Waals surface area (Å²) in [5.41, 5.74) is 1.35. The van der Waals surface area contributed by atoms with Crippen LogP contribution in [0.3, 0.4) is 0 Å². The first-order valence-corrected chi connectivity index (χ1v) is 11.7. The van der Waals surface area contributed by atoms with Gasteiger partial charge in [0.05, 0.1) is 12.5 Å². The molecule has 2 N–H and O–H groups in total. The van der Waals surface area contributed by atoms with E-state index in [1.807, 2.05) is 0 Å². The third-order valence-corrected chi connectivity index (χ3v) is 6.79. The fraction of sp³-hybridized carbons (Fsp3) is 0.444. The Morgan fingerprint density at radius 2 is 1.93 bits per heavy atom. The van der Waals surface area contributed by atoms with E-state index < -0.39 is 10.0 Å². The topological polar surface area (TPSA) is 91.4 Å². The summed E-state index contributed by atoms with van der Waals surface area (Å²) in [5.74, 6) is 0.522. The molecule has 3 fully saturated rings. The van der Waals surface area contributed by atoms with Gasteiger partial charge in [-0.1, -0.05) is 0 Å². The molecule has 7 nitrogen and oxygen atoms in total. The van der Waals surface area contributed by atoms with E-state index in [9.17, 15) is 13.2 Å². The van der Waals surface area contributed by atoms with E-state index in [-0.39, 0.29) is 11.9 Å². The van der Waals surface area contributed by atoms with Crippen LogP contribution in [0.25, 0.3) is 10.6 Å². The van der Waals surface area contributed by atoms with E-state index in [4.69, 9.17) is 0 Å². The van der Waals surface area contributed by atoms with E-state index >= 15 is 0 Å². The molecule has 3 aliphatic heterocycles. The third kappa shape index (κ3) is 4.31.